The van der Waals surface area contributed by atoms with E-state index in [1.807, 2.05) is 12.1 Å². The van der Waals surface area contributed by atoms with Crippen LogP contribution in [0.15, 0.2) is 121 Å². The Hall–Kier alpha value is -5.08. The topological polar surface area (TPSA) is 25.8 Å². The molecule has 1 heterocycles. The van der Waals surface area contributed by atoms with Crippen molar-refractivity contribution in [3.63, 3.8) is 0 Å². The lowest BCUT2D eigenvalue weighted by Crippen LogP contribution is -1.93. The number of aromatic nitrogens is 2. The summed E-state index contributed by atoms with van der Waals surface area (Å²) in [5.74, 6) is 0. The lowest BCUT2D eigenvalue weighted by molar-refractivity contribution is 1.42. The normalized spacial score (nSPS) is 12.2. The molecule has 0 saturated carbocycles. The van der Waals surface area contributed by atoms with Crippen molar-refractivity contribution in [1.29, 1.82) is 0 Å². The molecule has 174 valence electrons. The fourth-order valence-corrected chi connectivity index (χ4v) is 6.48. The highest BCUT2D eigenvalue weighted by molar-refractivity contribution is 6.40. The Balaban J connectivity index is 1.71. The summed E-state index contributed by atoms with van der Waals surface area (Å²) in [6.07, 6.45) is 0. The maximum atomic E-state index is 5.22. The molecule has 0 aliphatic rings. The molecule has 0 bridgehead atoms. The molecule has 0 spiro atoms. The maximum absolute atomic E-state index is 5.22. The van der Waals surface area contributed by atoms with Crippen molar-refractivity contribution >= 4 is 86.7 Å². The average molecular weight is 481 g/mol. The first-order valence-corrected chi connectivity index (χ1v) is 13.0. The monoisotopic (exact) mass is 480 g/mol. The van der Waals surface area contributed by atoms with Gasteiger partial charge in [-0.1, -0.05) is 109 Å². The summed E-state index contributed by atoms with van der Waals surface area (Å²) < 4.78 is 0. The van der Waals surface area contributed by atoms with Crippen LogP contribution in [0.5, 0.6) is 0 Å². The third-order valence-corrected chi connectivity index (χ3v) is 8.15. The van der Waals surface area contributed by atoms with E-state index in [0.29, 0.717) is 0 Å². The first-order chi connectivity index (χ1) is 18.8. The molecule has 2 nitrogen and oxygen atoms in total. The Morgan fingerprint density at radius 2 is 0.684 bits per heavy atom. The molecule has 0 aliphatic carbocycles. The van der Waals surface area contributed by atoms with Gasteiger partial charge in [0.25, 0.3) is 0 Å². The highest BCUT2D eigenvalue weighted by Crippen LogP contribution is 2.44. The molecule has 1 aromatic heterocycles. The van der Waals surface area contributed by atoms with Crippen molar-refractivity contribution in [2.75, 3.05) is 0 Å². The fourth-order valence-electron chi connectivity index (χ4n) is 6.48. The van der Waals surface area contributed by atoms with Crippen molar-refractivity contribution in [3.8, 4) is 0 Å². The van der Waals surface area contributed by atoms with Gasteiger partial charge in [0.2, 0.25) is 0 Å². The Labute approximate surface area is 217 Å². The molecule has 8 aromatic carbocycles. The van der Waals surface area contributed by atoms with E-state index in [1.54, 1.807) is 0 Å². The van der Waals surface area contributed by atoms with Crippen LogP contribution in [-0.2, 0) is 0 Å². The van der Waals surface area contributed by atoms with Crippen LogP contribution < -0.4 is 0 Å². The third kappa shape index (κ3) is 2.56. The van der Waals surface area contributed by atoms with Crippen LogP contribution in [0.25, 0.3) is 86.7 Å². The van der Waals surface area contributed by atoms with Crippen molar-refractivity contribution in [2.45, 2.75) is 0 Å². The average Bonchev–Trinajstić information content (AvgIpc) is 2.99. The Morgan fingerprint density at radius 3 is 1.18 bits per heavy atom. The molecule has 0 radical (unpaired) electrons. The summed E-state index contributed by atoms with van der Waals surface area (Å²) >= 11 is 0. The summed E-state index contributed by atoms with van der Waals surface area (Å²) in [6, 6.07) is 43.6. The van der Waals surface area contributed by atoms with Crippen molar-refractivity contribution in [1.82, 2.24) is 9.97 Å². The molecule has 38 heavy (non-hydrogen) atoms. The summed E-state index contributed by atoms with van der Waals surface area (Å²) in [6.45, 7) is 0. The van der Waals surface area contributed by atoms with Crippen molar-refractivity contribution in [2.24, 2.45) is 0 Å². The van der Waals surface area contributed by atoms with E-state index in [2.05, 4.69) is 109 Å². The zero-order chi connectivity index (χ0) is 24.8. The molecule has 0 atom stereocenters. The first-order valence-electron chi connectivity index (χ1n) is 13.0. The summed E-state index contributed by atoms with van der Waals surface area (Å²) in [5.41, 5.74) is 3.76. The van der Waals surface area contributed by atoms with Crippen molar-refractivity contribution in [3.05, 3.63) is 121 Å². The van der Waals surface area contributed by atoms with Gasteiger partial charge in [0.05, 0.1) is 22.1 Å². The van der Waals surface area contributed by atoms with Crippen LogP contribution in [-0.4, -0.2) is 9.97 Å². The second kappa shape index (κ2) is 7.24. The van der Waals surface area contributed by atoms with E-state index in [4.69, 9.17) is 9.97 Å². The van der Waals surface area contributed by atoms with E-state index in [9.17, 15) is 0 Å². The number of rotatable bonds is 0. The molecule has 0 aliphatic heterocycles. The smallest absolute Gasteiger partial charge is 0.0979 e. The Morgan fingerprint density at radius 1 is 0.289 bits per heavy atom. The van der Waals surface area contributed by atoms with Gasteiger partial charge in [0, 0.05) is 21.5 Å². The predicted molar refractivity (Wildman–Crippen MR) is 162 cm³/mol. The minimum atomic E-state index is 0.921. The molecular weight excluding hydrogens is 460 g/mol. The van der Waals surface area contributed by atoms with Gasteiger partial charge in [-0.2, -0.15) is 0 Å². The SMILES string of the molecule is c1ccc2c(c1)ccc1ccc3c4nc5ccccc5nc4c4ccc5ccc6ccccc6c5c4c3c12. The van der Waals surface area contributed by atoms with E-state index in [1.165, 1.54) is 53.9 Å². The molecule has 9 rings (SSSR count). The van der Waals surface area contributed by atoms with Crippen LogP contribution in [0.2, 0.25) is 0 Å². The predicted octanol–water partition coefficient (Wildman–Crippen LogP) is 9.70. The first kappa shape index (κ1) is 20.0. The standard InChI is InChI=1S/C36H20N2/c1-3-9-25-21(7-1)13-15-23-17-19-27-33(31(23)25)34-28(36-35(27)37-29-11-5-6-12-30(29)38-36)20-18-24-16-14-22-8-2-4-10-26(22)32(24)34/h1-20H. The molecular formula is C36H20N2. The fraction of sp³-hybridized carbons (Fsp3) is 0. The van der Waals surface area contributed by atoms with Crippen LogP contribution in [0.3, 0.4) is 0 Å². The molecule has 0 unspecified atom stereocenters. The maximum Gasteiger partial charge on any atom is 0.0979 e. The van der Waals surface area contributed by atoms with Gasteiger partial charge in [-0.05, 0) is 55.2 Å². The van der Waals surface area contributed by atoms with Gasteiger partial charge in [-0.15, -0.1) is 0 Å². The summed E-state index contributed by atoms with van der Waals surface area (Å²) in [7, 11) is 0. The molecule has 0 amide bonds. The van der Waals surface area contributed by atoms with E-state index in [0.717, 1.165) is 32.8 Å². The summed E-state index contributed by atoms with van der Waals surface area (Å²) in [5, 5.41) is 14.9. The number of benzene rings is 8. The highest BCUT2D eigenvalue weighted by Gasteiger charge is 2.18. The second-order valence-corrected chi connectivity index (χ2v) is 10.2. The van der Waals surface area contributed by atoms with E-state index in [-0.39, 0.29) is 0 Å². The van der Waals surface area contributed by atoms with Crippen LogP contribution in [0.4, 0.5) is 0 Å². The minimum Gasteiger partial charge on any atom is -0.244 e. The molecule has 0 N–H and O–H groups in total. The van der Waals surface area contributed by atoms with Crippen LogP contribution >= 0.6 is 0 Å². The minimum absolute atomic E-state index is 0.921. The largest absolute Gasteiger partial charge is 0.244 e. The Bertz CT molecular complexity index is 2280. The summed E-state index contributed by atoms with van der Waals surface area (Å²) in [4.78, 5) is 10.4. The molecule has 2 heteroatoms. The third-order valence-electron chi connectivity index (χ3n) is 8.15. The van der Waals surface area contributed by atoms with Crippen LogP contribution in [0.1, 0.15) is 0 Å². The van der Waals surface area contributed by atoms with Gasteiger partial charge in [-0.3, -0.25) is 0 Å². The Kier molecular flexibility index (Phi) is 3.82. The quantitative estimate of drug-likeness (QED) is 0.159. The van der Waals surface area contributed by atoms with Gasteiger partial charge in [0.1, 0.15) is 0 Å². The highest BCUT2D eigenvalue weighted by atomic mass is 14.8. The number of nitrogens with zero attached hydrogens (tertiary/aromatic N) is 2. The lowest BCUT2D eigenvalue weighted by Gasteiger charge is -2.16. The zero-order valence-corrected chi connectivity index (χ0v) is 20.4. The number of fused-ring (bicyclic) bond motifs is 15. The number of hydrogen-bond donors (Lipinski definition) is 0. The van der Waals surface area contributed by atoms with Crippen molar-refractivity contribution < 1.29 is 0 Å². The molecule has 9 aromatic rings. The second-order valence-electron chi connectivity index (χ2n) is 10.2. The van der Waals surface area contributed by atoms with Gasteiger partial charge >= 0.3 is 0 Å². The molecule has 0 fully saturated rings. The van der Waals surface area contributed by atoms with Gasteiger partial charge in [-0.25, -0.2) is 9.97 Å². The number of para-hydroxylation sites is 2. The lowest BCUT2D eigenvalue weighted by atomic mass is 9.88. The zero-order valence-electron chi connectivity index (χ0n) is 20.4. The van der Waals surface area contributed by atoms with Crippen LogP contribution in [0, 0.1) is 0 Å². The van der Waals surface area contributed by atoms with E-state index >= 15 is 0 Å². The molecule has 0 saturated heterocycles. The van der Waals surface area contributed by atoms with E-state index < -0.39 is 0 Å². The van der Waals surface area contributed by atoms with Gasteiger partial charge < -0.3 is 0 Å². The van der Waals surface area contributed by atoms with Gasteiger partial charge in [0.15, 0.2) is 0 Å². The number of hydrogen-bond acceptors (Lipinski definition) is 2.